The average Bonchev–Trinajstić information content (AvgIpc) is 3.48. The van der Waals surface area contributed by atoms with Gasteiger partial charge in [-0.15, -0.1) is 5.10 Å². The number of rotatable bonds is 6. The van der Waals surface area contributed by atoms with E-state index in [-0.39, 0.29) is 5.91 Å². The van der Waals surface area contributed by atoms with Gasteiger partial charge in [-0.3, -0.25) is 14.8 Å². The van der Waals surface area contributed by atoms with Gasteiger partial charge in [0.25, 0.3) is 5.91 Å². The maximum atomic E-state index is 13.2. The fourth-order valence-electron chi connectivity index (χ4n) is 3.97. The zero-order valence-electron chi connectivity index (χ0n) is 17.7. The molecule has 0 atom stereocenters. The number of aromatic nitrogens is 5. The predicted molar refractivity (Wildman–Crippen MR) is 124 cm³/mol. The third-order valence-corrected chi connectivity index (χ3v) is 5.59. The standard InChI is InChI=1S/C24H25N7O/c32-22(25-23-26-24(28-27-23)30-14-8-3-9-15-30)20-17-31(16-18-10-4-1-5-11-18)29-21(20)19-12-6-2-7-13-19/h1-2,4-7,10-13,17H,3,8-9,14-16H2,(H2,25,26,27,28,32). The number of carbonyl (C=O) groups excluding carboxylic acids is 1. The first-order chi connectivity index (χ1) is 15.8. The number of amides is 1. The molecule has 0 spiro atoms. The summed E-state index contributed by atoms with van der Waals surface area (Å²) in [5.41, 5.74) is 3.12. The topological polar surface area (TPSA) is 91.7 Å². The van der Waals surface area contributed by atoms with E-state index in [9.17, 15) is 4.79 Å². The summed E-state index contributed by atoms with van der Waals surface area (Å²) in [6.45, 7) is 2.46. The highest BCUT2D eigenvalue weighted by molar-refractivity contribution is 6.07. The summed E-state index contributed by atoms with van der Waals surface area (Å²) in [5.74, 6) is 0.693. The van der Waals surface area contributed by atoms with Gasteiger partial charge in [-0.1, -0.05) is 60.7 Å². The Balaban J connectivity index is 1.40. The molecule has 0 aliphatic carbocycles. The van der Waals surface area contributed by atoms with Crippen LogP contribution in [0.4, 0.5) is 11.9 Å². The molecule has 1 aliphatic rings. The summed E-state index contributed by atoms with van der Waals surface area (Å²) in [5, 5.41) is 14.7. The molecule has 8 nitrogen and oxygen atoms in total. The van der Waals surface area contributed by atoms with Crippen molar-refractivity contribution < 1.29 is 4.79 Å². The van der Waals surface area contributed by atoms with Gasteiger partial charge in [-0.05, 0) is 24.8 Å². The number of anilines is 2. The smallest absolute Gasteiger partial charge is 0.261 e. The van der Waals surface area contributed by atoms with Crippen LogP contribution < -0.4 is 10.2 Å². The first-order valence-corrected chi connectivity index (χ1v) is 10.9. The Bertz CT molecular complexity index is 1180. The number of nitrogens with zero attached hydrogens (tertiary/aromatic N) is 5. The lowest BCUT2D eigenvalue weighted by atomic mass is 10.1. The van der Waals surface area contributed by atoms with Crippen molar-refractivity contribution in [3.63, 3.8) is 0 Å². The average molecular weight is 428 g/mol. The van der Waals surface area contributed by atoms with Gasteiger partial charge in [0, 0.05) is 24.8 Å². The molecule has 8 heteroatoms. The number of carbonyl (C=O) groups is 1. The Morgan fingerprint density at radius 3 is 2.44 bits per heavy atom. The van der Waals surface area contributed by atoms with Crippen molar-refractivity contribution in [2.45, 2.75) is 25.8 Å². The minimum Gasteiger partial charge on any atom is -0.340 e. The first kappa shape index (κ1) is 20.0. The van der Waals surface area contributed by atoms with E-state index in [2.05, 4.69) is 25.4 Å². The molecule has 1 fully saturated rings. The fraction of sp³-hybridized carbons (Fsp3) is 0.250. The molecule has 32 heavy (non-hydrogen) atoms. The SMILES string of the molecule is O=C(Nc1nc(N2CCCCC2)n[nH]1)c1cn(Cc2ccccc2)nc1-c1ccccc1. The number of nitrogens with one attached hydrogen (secondary N) is 2. The minimum absolute atomic E-state index is 0.274. The maximum absolute atomic E-state index is 13.2. The lowest BCUT2D eigenvalue weighted by Crippen LogP contribution is -2.30. The molecule has 4 aromatic rings. The highest BCUT2D eigenvalue weighted by Crippen LogP contribution is 2.24. The Hall–Kier alpha value is -3.94. The van der Waals surface area contributed by atoms with E-state index in [1.54, 1.807) is 10.9 Å². The molecular weight excluding hydrogens is 402 g/mol. The quantitative estimate of drug-likeness (QED) is 0.486. The molecule has 0 unspecified atom stereocenters. The van der Waals surface area contributed by atoms with E-state index in [4.69, 9.17) is 5.10 Å². The van der Waals surface area contributed by atoms with Gasteiger partial charge in [0.2, 0.25) is 11.9 Å². The molecule has 0 bridgehead atoms. The van der Waals surface area contributed by atoms with Gasteiger partial charge in [-0.25, -0.2) is 5.10 Å². The molecule has 2 aromatic heterocycles. The molecule has 3 heterocycles. The number of H-pyrrole nitrogens is 1. The second-order valence-electron chi connectivity index (χ2n) is 7.93. The number of benzene rings is 2. The normalized spacial score (nSPS) is 13.8. The summed E-state index contributed by atoms with van der Waals surface area (Å²) in [6, 6.07) is 19.8. The van der Waals surface area contributed by atoms with Crippen molar-refractivity contribution in [3.8, 4) is 11.3 Å². The van der Waals surface area contributed by atoms with Crippen LogP contribution in [-0.4, -0.2) is 44.0 Å². The van der Waals surface area contributed by atoms with Crippen LogP contribution in [0.3, 0.4) is 0 Å². The molecule has 162 valence electrons. The number of hydrogen-bond acceptors (Lipinski definition) is 5. The Morgan fingerprint density at radius 2 is 1.69 bits per heavy atom. The molecule has 5 rings (SSSR count). The molecule has 0 saturated carbocycles. The zero-order valence-corrected chi connectivity index (χ0v) is 17.7. The summed E-state index contributed by atoms with van der Waals surface area (Å²) in [7, 11) is 0. The monoisotopic (exact) mass is 427 g/mol. The lowest BCUT2D eigenvalue weighted by molar-refractivity contribution is 0.102. The zero-order chi connectivity index (χ0) is 21.8. The van der Waals surface area contributed by atoms with Crippen LogP contribution in [0.15, 0.2) is 66.9 Å². The van der Waals surface area contributed by atoms with E-state index < -0.39 is 0 Å². The van der Waals surface area contributed by atoms with Crippen molar-refractivity contribution in [3.05, 3.63) is 78.0 Å². The van der Waals surface area contributed by atoms with E-state index in [1.807, 2.05) is 60.7 Å². The van der Waals surface area contributed by atoms with Crippen molar-refractivity contribution in [1.29, 1.82) is 0 Å². The van der Waals surface area contributed by atoms with Crippen LogP contribution >= 0.6 is 0 Å². The molecule has 0 radical (unpaired) electrons. The Kier molecular flexibility index (Phi) is 5.65. The van der Waals surface area contributed by atoms with E-state index in [0.717, 1.165) is 37.1 Å². The van der Waals surface area contributed by atoms with Gasteiger partial charge in [0.15, 0.2) is 0 Å². The van der Waals surface area contributed by atoms with Gasteiger partial charge in [0.1, 0.15) is 5.69 Å². The molecule has 1 saturated heterocycles. The summed E-state index contributed by atoms with van der Waals surface area (Å²) >= 11 is 0. The van der Waals surface area contributed by atoms with Crippen LogP contribution in [0.2, 0.25) is 0 Å². The second kappa shape index (κ2) is 9.05. The summed E-state index contributed by atoms with van der Waals surface area (Å²) in [4.78, 5) is 19.8. The van der Waals surface area contributed by atoms with Gasteiger partial charge in [-0.2, -0.15) is 10.1 Å². The minimum atomic E-state index is -0.274. The maximum Gasteiger partial charge on any atom is 0.261 e. The van der Waals surface area contributed by atoms with Crippen molar-refractivity contribution >= 4 is 17.8 Å². The predicted octanol–water partition coefficient (Wildman–Crippen LogP) is 3.96. The highest BCUT2D eigenvalue weighted by atomic mass is 16.1. The van der Waals surface area contributed by atoms with Crippen molar-refractivity contribution in [2.24, 2.45) is 0 Å². The third-order valence-electron chi connectivity index (χ3n) is 5.59. The van der Waals surface area contributed by atoms with Crippen molar-refractivity contribution in [2.75, 3.05) is 23.3 Å². The van der Waals surface area contributed by atoms with Crippen LogP contribution in [0.5, 0.6) is 0 Å². The number of aromatic amines is 1. The van der Waals surface area contributed by atoms with Crippen LogP contribution in [0.1, 0.15) is 35.2 Å². The Morgan fingerprint density at radius 1 is 0.969 bits per heavy atom. The lowest BCUT2D eigenvalue weighted by Gasteiger charge is -2.24. The molecule has 2 aromatic carbocycles. The van der Waals surface area contributed by atoms with Crippen LogP contribution in [-0.2, 0) is 6.54 Å². The largest absolute Gasteiger partial charge is 0.340 e. The first-order valence-electron chi connectivity index (χ1n) is 10.9. The summed E-state index contributed by atoms with van der Waals surface area (Å²) < 4.78 is 1.80. The van der Waals surface area contributed by atoms with Gasteiger partial charge >= 0.3 is 0 Å². The fourth-order valence-corrected chi connectivity index (χ4v) is 3.97. The molecule has 2 N–H and O–H groups in total. The van der Waals surface area contributed by atoms with E-state index in [0.29, 0.717) is 29.7 Å². The molecule has 1 aliphatic heterocycles. The van der Waals surface area contributed by atoms with Gasteiger partial charge in [0.05, 0.1) is 12.1 Å². The third kappa shape index (κ3) is 4.39. The van der Waals surface area contributed by atoms with Crippen molar-refractivity contribution in [1.82, 2.24) is 25.0 Å². The van der Waals surface area contributed by atoms with E-state index >= 15 is 0 Å². The van der Waals surface area contributed by atoms with Crippen LogP contribution in [0, 0.1) is 0 Å². The second-order valence-corrected chi connectivity index (χ2v) is 7.93. The van der Waals surface area contributed by atoms with Crippen LogP contribution in [0.25, 0.3) is 11.3 Å². The van der Waals surface area contributed by atoms with E-state index in [1.165, 1.54) is 6.42 Å². The van der Waals surface area contributed by atoms with Gasteiger partial charge < -0.3 is 4.90 Å². The molecule has 1 amide bonds. The summed E-state index contributed by atoms with van der Waals surface area (Å²) in [6.07, 6.45) is 5.29. The molecular formula is C24H25N7O. The highest BCUT2D eigenvalue weighted by Gasteiger charge is 2.21. The Labute approximate surface area is 186 Å². The number of piperidine rings is 1. The number of hydrogen-bond donors (Lipinski definition) is 2.